The van der Waals surface area contributed by atoms with Crippen LogP contribution >= 0.6 is 0 Å². The second-order valence-corrected chi connectivity index (χ2v) is 18.5. The Labute approximate surface area is 197 Å². The second-order valence-electron chi connectivity index (χ2n) is 12.1. The molecule has 182 valence electrons. The molecule has 0 spiro atoms. The van der Waals surface area contributed by atoms with Gasteiger partial charge >= 0.3 is 0 Å². The van der Waals surface area contributed by atoms with Crippen molar-refractivity contribution in [2.45, 2.75) is 103 Å². The summed E-state index contributed by atoms with van der Waals surface area (Å²) in [5, 5.41) is 0.213. The molecular weight excluding hydrogens is 436 g/mol. The van der Waals surface area contributed by atoms with Gasteiger partial charge in [-0.2, -0.15) is 8.42 Å². The van der Waals surface area contributed by atoms with Gasteiger partial charge in [0.05, 0.1) is 11.5 Å². The van der Waals surface area contributed by atoms with Crippen LogP contribution in [-0.2, 0) is 18.7 Å². The monoisotopic (exact) mass is 480 g/mol. The third-order valence-electron chi connectivity index (χ3n) is 8.87. The minimum atomic E-state index is -3.72. The highest BCUT2D eigenvalue weighted by atomic mass is 32.2. The van der Waals surface area contributed by atoms with Gasteiger partial charge in [0, 0.05) is 6.10 Å². The Morgan fingerprint density at radius 2 is 1.75 bits per heavy atom. The molecule has 5 atom stereocenters. The first kappa shape index (κ1) is 25.9. The Hall–Kier alpha value is -0.693. The molecule has 0 saturated heterocycles. The summed E-state index contributed by atoms with van der Waals surface area (Å²) in [5.41, 5.74) is 1.23. The van der Waals surface area contributed by atoms with E-state index in [-0.39, 0.29) is 27.9 Å². The molecule has 32 heavy (non-hydrogen) atoms. The average Bonchev–Trinajstić information content (AvgIpc) is 3.03. The van der Waals surface area contributed by atoms with Crippen molar-refractivity contribution >= 4 is 18.4 Å². The van der Waals surface area contributed by atoms with Gasteiger partial charge in [0.2, 0.25) is 0 Å². The van der Waals surface area contributed by atoms with Crippen molar-refractivity contribution in [2.75, 3.05) is 6.61 Å². The van der Waals surface area contributed by atoms with Gasteiger partial charge in [-0.15, -0.1) is 0 Å². The lowest BCUT2D eigenvalue weighted by molar-refractivity contribution is -0.0245. The number of aryl methyl sites for hydroxylation is 1. The van der Waals surface area contributed by atoms with Crippen molar-refractivity contribution in [3.05, 3.63) is 29.8 Å². The van der Waals surface area contributed by atoms with Crippen molar-refractivity contribution in [3.63, 3.8) is 0 Å². The van der Waals surface area contributed by atoms with Crippen molar-refractivity contribution in [2.24, 2.45) is 23.2 Å². The van der Waals surface area contributed by atoms with Gasteiger partial charge in [0.15, 0.2) is 8.32 Å². The summed E-state index contributed by atoms with van der Waals surface area (Å²) in [6, 6.07) is 6.89. The van der Waals surface area contributed by atoms with E-state index in [0.717, 1.165) is 18.4 Å². The molecule has 2 saturated carbocycles. The Morgan fingerprint density at radius 3 is 2.34 bits per heavy atom. The highest BCUT2D eigenvalue weighted by Crippen LogP contribution is 2.59. The normalized spacial score (nSPS) is 30.2. The molecule has 2 fully saturated rings. The summed E-state index contributed by atoms with van der Waals surface area (Å²) >= 11 is 0. The summed E-state index contributed by atoms with van der Waals surface area (Å²) in [6.45, 7) is 18.4. The van der Waals surface area contributed by atoms with E-state index in [2.05, 4.69) is 47.7 Å². The predicted molar refractivity (Wildman–Crippen MR) is 134 cm³/mol. The molecule has 2 aliphatic rings. The maximum Gasteiger partial charge on any atom is 0.296 e. The lowest BCUT2D eigenvalue weighted by Crippen LogP contribution is -2.50. The topological polar surface area (TPSA) is 52.6 Å². The van der Waals surface area contributed by atoms with Crippen LogP contribution in [0.15, 0.2) is 29.2 Å². The van der Waals surface area contributed by atoms with Crippen LogP contribution in [-0.4, -0.2) is 29.4 Å². The van der Waals surface area contributed by atoms with E-state index in [1.807, 2.05) is 19.1 Å². The largest absolute Gasteiger partial charge is 0.414 e. The van der Waals surface area contributed by atoms with Crippen LogP contribution in [0, 0.1) is 30.1 Å². The van der Waals surface area contributed by atoms with E-state index in [4.69, 9.17) is 8.61 Å². The maximum absolute atomic E-state index is 12.7. The Balaban J connectivity index is 1.68. The third kappa shape index (κ3) is 5.18. The third-order valence-corrected chi connectivity index (χ3v) is 14.7. The number of rotatable bonds is 7. The number of fused-ring (bicyclic) bond motifs is 1. The first-order valence-corrected chi connectivity index (χ1v) is 16.6. The fourth-order valence-electron chi connectivity index (χ4n) is 5.88. The Bertz CT molecular complexity index is 887. The summed E-state index contributed by atoms with van der Waals surface area (Å²) in [7, 11) is -5.54. The zero-order chi connectivity index (χ0) is 23.9. The zero-order valence-electron chi connectivity index (χ0n) is 21.4. The smallest absolute Gasteiger partial charge is 0.296 e. The summed E-state index contributed by atoms with van der Waals surface area (Å²) < 4.78 is 37.9. The zero-order valence-corrected chi connectivity index (χ0v) is 23.2. The maximum atomic E-state index is 12.7. The fourth-order valence-corrected chi connectivity index (χ4v) is 8.27. The molecule has 4 nitrogen and oxygen atoms in total. The van der Waals surface area contributed by atoms with Crippen LogP contribution in [0.3, 0.4) is 0 Å². The molecule has 0 aromatic heterocycles. The molecule has 2 aliphatic carbocycles. The summed E-state index contributed by atoms with van der Waals surface area (Å²) in [6.07, 6.45) is 6.20. The summed E-state index contributed by atoms with van der Waals surface area (Å²) in [4.78, 5) is 0.242. The van der Waals surface area contributed by atoms with E-state index in [1.54, 1.807) is 12.1 Å². The Morgan fingerprint density at radius 1 is 1.12 bits per heavy atom. The molecule has 1 aromatic carbocycles. The second kappa shape index (κ2) is 9.16. The van der Waals surface area contributed by atoms with Crippen molar-refractivity contribution in [1.82, 2.24) is 0 Å². The van der Waals surface area contributed by atoms with Crippen LogP contribution in [0.4, 0.5) is 0 Å². The number of hydrogen-bond acceptors (Lipinski definition) is 4. The predicted octanol–water partition coefficient (Wildman–Crippen LogP) is 6.94. The van der Waals surface area contributed by atoms with Crippen LogP contribution < -0.4 is 0 Å². The highest BCUT2D eigenvalue weighted by Gasteiger charge is 2.54. The lowest BCUT2D eigenvalue weighted by atomic mass is 9.62. The van der Waals surface area contributed by atoms with Gasteiger partial charge < -0.3 is 4.43 Å². The van der Waals surface area contributed by atoms with Crippen LogP contribution in [0.25, 0.3) is 0 Å². The van der Waals surface area contributed by atoms with Crippen LogP contribution in [0.5, 0.6) is 0 Å². The number of benzene rings is 1. The van der Waals surface area contributed by atoms with Crippen LogP contribution in [0.2, 0.25) is 18.1 Å². The van der Waals surface area contributed by atoms with E-state index in [9.17, 15) is 8.42 Å². The molecular formula is C26H44O4SSi. The molecule has 0 N–H and O–H groups in total. The molecule has 1 aromatic rings. The minimum Gasteiger partial charge on any atom is -0.414 e. The molecule has 3 rings (SSSR count). The van der Waals surface area contributed by atoms with Crippen molar-refractivity contribution < 1.29 is 17.0 Å². The van der Waals surface area contributed by atoms with Gasteiger partial charge in [-0.25, -0.2) is 0 Å². The SMILES string of the molecule is Cc1ccc(S(=O)(=O)OCC(C)[C@H]2CC[C@H]3[C@@H](O[Si](C)(C)C(C)(C)C)CCC[C@]23C)cc1. The lowest BCUT2D eigenvalue weighted by Gasteiger charge is -2.49. The molecule has 6 heteroatoms. The van der Waals surface area contributed by atoms with Crippen molar-refractivity contribution in [1.29, 1.82) is 0 Å². The van der Waals surface area contributed by atoms with Gasteiger partial charge in [-0.05, 0) is 86.0 Å². The molecule has 0 radical (unpaired) electrons. The molecule has 0 amide bonds. The van der Waals surface area contributed by atoms with Gasteiger partial charge in [0.25, 0.3) is 10.1 Å². The first-order valence-electron chi connectivity index (χ1n) is 12.3. The van der Waals surface area contributed by atoms with Crippen molar-refractivity contribution in [3.8, 4) is 0 Å². The average molecular weight is 481 g/mol. The molecule has 0 aliphatic heterocycles. The molecule has 1 unspecified atom stereocenters. The minimum absolute atomic E-state index is 0.192. The van der Waals surface area contributed by atoms with Gasteiger partial charge in [0.1, 0.15) is 0 Å². The quantitative estimate of drug-likeness (QED) is 0.313. The van der Waals surface area contributed by atoms with E-state index < -0.39 is 18.4 Å². The first-order chi connectivity index (χ1) is 14.7. The van der Waals surface area contributed by atoms with Crippen LogP contribution in [0.1, 0.15) is 72.3 Å². The Kier molecular flexibility index (Phi) is 7.42. The number of hydrogen-bond donors (Lipinski definition) is 0. The fraction of sp³-hybridized carbons (Fsp3) is 0.769. The van der Waals surface area contributed by atoms with Gasteiger partial charge in [-0.3, -0.25) is 4.18 Å². The van der Waals surface area contributed by atoms with E-state index in [0.29, 0.717) is 17.9 Å². The standard InChI is InChI=1S/C26H44O4SSi/c1-19-11-13-21(14-12-19)31(27,28)29-18-20(2)22-15-16-23-24(10-9-17-26(22,23)6)30-32(7,8)25(3,4)5/h11-14,20,22-24H,9-10,15-18H2,1-8H3/t20?,22-,23+,24+,26-/m1/s1. The summed E-state index contributed by atoms with van der Waals surface area (Å²) in [5.74, 6) is 1.22. The highest BCUT2D eigenvalue weighted by molar-refractivity contribution is 7.86. The van der Waals surface area contributed by atoms with E-state index in [1.165, 1.54) is 19.3 Å². The molecule has 0 heterocycles. The van der Waals surface area contributed by atoms with E-state index >= 15 is 0 Å². The molecule has 0 bridgehead atoms. The van der Waals surface area contributed by atoms with Gasteiger partial charge in [-0.1, -0.05) is 58.7 Å².